The van der Waals surface area contributed by atoms with Crippen molar-refractivity contribution in [3.63, 3.8) is 0 Å². The molecule has 1 saturated carbocycles. The zero-order valence-corrected chi connectivity index (χ0v) is 17.3. The fraction of sp³-hybridized carbons (Fsp3) is 0.400. The molecule has 2 heterocycles. The SMILES string of the molecule is OC(c1cncs1)C1CCN(Cc2c3c(cc4ccccc24)C=CC2CC32)CC1. The van der Waals surface area contributed by atoms with Gasteiger partial charge in [-0.05, 0) is 83.6 Å². The minimum atomic E-state index is -0.354. The number of aromatic nitrogens is 1. The summed E-state index contributed by atoms with van der Waals surface area (Å²) in [5.41, 5.74) is 6.42. The van der Waals surface area contributed by atoms with Crippen LogP contribution >= 0.6 is 11.3 Å². The van der Waals surface area contributed by atoms with E-state index >= 15 is 0 Å². The van der Waals surface area contributed by atoms with Crippen molar-refractivity contribution in [1.82, 2.24) is 9.88 Å². The van der Waals surface area contributed by atoms with E-state index in [1.807, 2.05) is 11.7 Å². The van der Waals surface area contributed by atoms with Gasteiger partial charge in [0.15, 0.2) is 0 Å². The molecule has 3 unspecified atom stereocenters. The predicted octanol–water partition coefficient (Wildman–Crippen LogP) is 5.37. The molecule has 3 atom stereocenters. The molecule has 1 N–H and O–H groups in total. The Morgan fingerprint density at radius 1 is 1.21 bits per heavy atom. The summed E-state index contributed by atoms with van der Waals surface area (Å²) in [6, 6.07) is 11.3. The monoisotopic (exact) mass is 402 g/mol. The summed E-state index contributed by atoms with van der Waals surface area (Å²) in [7, 11) is 0. The molecule has 2 aromatic carbocycles. The summed E-state index contributed by atoms with van der Waals surface area (Å²) in [4.78, 5) is 7.75. The number of fused-ring (bicyclic) bond motifs is 4. The van der Waals surface area contributed by atoms with Crippen LogP contribution in [0.1, 0.15) is 52.9 Å². The van der Waals surface area contributed by atoms with Gasteiger partial charge in [-0.2, -0.15) is 0 Å². The van der Waals surface area contributed by atoms with Gasteiger partial charge in [0, 0.05) is 12.7 Å². The zero-order chi connectivity index (χ0) is 19.4. The zero-order valence-electron chi connectivity index (χ0n) is 16.5. The number of aliphatic hydroxyl groups excluding tert-OH is 1. The van der Waals surface area contributed by atoms with Crippen molar-refractivity contribution in [1.29, 1.82) is 0 Å². The number of likely N-dealkylation sites (tertiary alicyclic amines) is 1. The number of thiazole rings is 1. The van der Waals surface area contributed by atoms with Crippen molar-refractivity contribution in [2.24, 2.45) is 11.8 Å². The van der Waals surface area contributed by atoms with E-state index < -0.39 is 0 Å². The number of rotatable bonds is 4. The van der Waals surface area contributed by atoms with E-state index in [-0.39, 0.29) is 6.10 Å². The molecule has 3 aromatic rings. The lowest BCUT2D eigenvalue weighted by Gasteiger charge is -2.35. The molecule has 0 amide bonds. The van der Waals surface area contributed by atoms with Crippen LogP contribution in [0.25, 0.3) is 16.8 Å². The summed E-state index contributed by atoms with van der Waals surface area (Å²) in [5, 5.41) is 13.5. The van der Waals surface area contributed by atoms with Gasteiger partial charge in [-0.1, -0.05) is 36.4 Å². The standard InChI is InChI=1S/C25H26N2OS/c28-25(23-13-26-15-29-23)16-7-9-27(10-8-16)14-22-20-4-2-1-3-17(20)11-19-6-5-18-12-21(18)24(19)22/h1-6,11,13,15-16,18,21,25,28H,7-10,12,14H2. The predicted molar refractivity (Wildman–Crippen MR) is 119 cm³/mol. The lowest BCUT2D eigenvalue weighted by atomic mass is 9.86. The number of hydrogen-bond acceptors (Lipinski definition) is 4. The van der Waals surface area contributed by atoms with Gasteiger partial charge in [-0.25, -0.2) is 0 Å². The van der Waals surface area contributed by atoms with Crippen molar-refractivity contribution < 1.29 is 5.11 Å². The first-order valence-corrected chi connectivity index (χ1v) is 11.7. The first-order valence-electron chi connectivity index (χ1n) is 10.8. The van der Waals surface area contributed by atoms with Crippen LogP contribution in [0.15, 0.2) is 48.1 Å². The van der Waals surface area contributed by atoms with Crippen LogP contribution < -0.4 is 0 Å². The Morgan fingerprint density at radius 3 is 2.90 bits per heavy atom. The molecule has 2 aliphatic carbocycles. The van der Waals surface area contributed by atoms with E-state index in [2.05, 4.69) is 52.4 Å². The highest BCUT2D eigenvalue weighted by molar-refractivity contribution is 7.09. The highest BCUT2D eigenvalue weighted by Crippen LogP contribution is 2.55. The average Bonchev–Trinajstić information content (AvgIpc) is 3.35. The van der Waals surface area contributed by atoms with E-state index in [0.717, 1.165) is 49.2 Å². The van der Waals surface area contributed by atoms with E-state index in [1.165, 1.54) is 22.8 Å². The van der Waals surface area contributed by atoms with E-state index in [9.17, 15) is 5.11 Å². The molecular weight excluding hydrogens is 376 g/mol. The molecule has 0 bridgehead atoms. The maximum absolute atomic E-state index is 10.7. The van der Waals surface area contributed by atoms with Gasteiger partial charge in [-0.15, -0.1) is 11.3 Å². The molecular formula is C25H26N2OS. The van der Waals surface area contributed by atoms with Crippen LogP contribution in [0.5, 0.6) is 0 Å². The molecule has 29 heavy (non-hydrogen) atoms. The normalized spacial score (nSPS) is 25.0. The Balaban J connectivity index is 1.26. The van der Waals surface area contributed by atoms with Gasteiger partial charge in [0.2, 0.25) is 0 Å². The number of piperidine rings is 1. The van der Waals surface area contributed by atoms with Crippen LogP contribution in [-0.4, -0.2) is 28.1 Å². The second-order valence-corrected chi connectivity index (χ2v) is 9.82. The minimum absolute atomic E-state index is 0.351. The topological polar surface area (TPSA) is 36.4 Å². The lowest BCUT2D eigenvalue weighted by Crippen LogP contribution is -2.35. The molecule has 0 spiro atoms. The van der Waals surface area contributed by atoms with Crippen molar-refractivity contribution in [3.8, 4) is 0 Å². The van der Waals surface area contributed by atoms with Crippen LogP contribution in [-0.2, 0) is 6.54 Å². The Kier molecular flexibility index (Phi) is 4.33. The highest BCUT2D eigenvalue weighted by Gasteiger charge is 2.41. The Labute approximate surface area is 175 Å². The average molecular weight is 403 g/mol. The van der Waals surface area contributed by atoms with Crippen molar-refractivity contribution in [2.75, 3.05) is 13.1 Å². The maximum atomic E-state index is 10.7. The maximum Gasteiger partial charge on any atom is 0.0927 e. The van der Waals surface area contributed by atoms with Crippen molar-refractivity contribution >= 4 is 28.2 Å². The molecule has 1 aliphatic heterocycles. The lowest BCUT2D eigenvalue weighted by molar-refractivity contribution is 0.0590. The van der Waals surface area contributed by atoms with Crippen LogP contribution in [0, 0.1) is 11.8 Å². The van der Waals surface area contributed by atoms with Gasteiger partial charge in [0.1, 0.15) is 0 Å². The Bertz CT molecular complexity index is 1070. The number of nitrogens with zero attached hydrogens (tertiary/aromatic N) is 2. The second-order valence-electron chi connectivity index (χ2n) is 8.91. The van der Waals surface area contributed by atoms with E-state index in [1.54, 1.807) is 22.5 Å². The molecule has 2 fully saturated rings. The first kappa shape index (κ1) is 17.8. The smallest absolute Gasteiger partial charge is 0.0927 e. The molecule has 6 rings (SSSR count). The molecule has 1 aromatic heterocycles. The fourth-order valence-electron chi connectivity index (χ4n) is 5.45. The Hall–Kier alpha value is -2.01. The van der Waals surface area contributed by atoms with Crippen LogP contribution in [0.4, 0.5) is 0 Å². The molecule has 3 nitrogen and oxygen atoms in total. The highest BCUT2D eigenvalue weighted by atomic mass is 32.1. The van der Waals surface area contributed by atoms with Gasteiger partial charge >= 0.3 is 0 Å². The third-order valence-corrected chi connectivity index (χ3v) is 8.02. The first-order chi connectivity index (χ1) is 14.3. The second kappa shape index (κ2) is 7.05. The van der Waals surface area contributed by atoms with Crippen molar-refractivity contribution in [3.05, 3.63) is 69.7 Å². The fourth-order valence-corrected chi connectivity index (χ4v) is 6.15. The van der Waals surface area contributed by atoms with Crippen LogP contribution in [0.3, 0.4) is 0 Å². The number of aliphatic hydroxyl groups is 1. The minimum Gasteiger partial charge on any atom is -0.387 e. The number of allylic oxidation sites excluding steroid dienone is 1. The molecule has 0 radical (unpaired) electrons. The van der Waals surface area contributed by atoms with Gasteiger partial charge in [0.05, 0.1) is 16.5 Å². The Morgan fingerprint density at radius 2 is 2.07 bits per heavy atom. The molecule has 148 valence electrons. The largest absolute Gasteiger partial charge is 0.387 e. The number of benzene rings is 2. The summed E-state index contributed by atoms with van der Waals surface area (Å²) >= 11 is 1.57. The molecule has 1 saturated heterocycles. The quantitative estimate of drug-likeness (QED) is 0.637. The third-order valence-electron chi connectivity index (χ3n) is 7.17. The van der Waals surface area contributed by atoms with Gasteiger partial charge in [-0.3, -0.25) is 9.88 Å². The molecule has 3 aliphatic rings. The summed E-state index contributed by atoms with van der Waals surface area (Å²) in [5.74, 6) is 1.85. The van der Waals surface area contributed by atoms with Gasteiger partial charge in [0.25, 0.3) is 0 Å². The summed E-state index contributed by atoms with van der Waals surface area (Å²) in [6.45, 7) is 3.15. The molecule has 4 heteroatoms. The van der Waals surface area contributed by atoms with Crippen LogP contribution in [0.2, 0.25) is 0 Å². The van der Waals surface area contributed by atoms with E-state index in [4.69, 9.17) is 0 Å². The third kappa shape index (κ3) is 3.14. The summed E-state index contributed by atoms with van der Waals surface area (Å²) < 4.78 is 0. The van der Waals surface area contributed by atoms with Crippen molar-refractivity contribution in [2.45, 2.75) is 37.8 Å². The summed E-state index contributed by atoms with van der Waals surface area (Å²) in [6.07, 6.45) is 9.67. The van der Waals surface area contributed by atoms with E-state index in [0.29, 0.717) is 5.92 Å². The number of hydrogen-bond donors (Lipinski definition) is 1. The van der Waals surface area contributed by atoms with Gasteiger partial charge < -0.3 is 5.11 Å².